The molecule has 0 saturated heterocycles. The molecule has 8 heterocycles. The standard InChI is InChI=1S/C22H19N2O.C21H18N3O.C15H15N2.C12H16N2.C11H13N2/c1-14-12-13-16-15-8-4-7-11-19(15)25-21(16)20(14)22-23(2)17-9-5-6-10-18(17)24(22)3;1-13-10-11-14-15-7-6-12-22-20(15)25-19(14)18(13)21-23(2)16-8-4-5-9-17(16)24(21)3;1-12-7-3-5-9-14(12)17-15-10-6-4-8-13(15)11-16(17)2;1-10-6-4-5-7-12(10)14-9-8-13(3)11(14)2;1-10-6-3-4-7-11(10)13-9-5-8-12(13)2/h4-13H,1-3H3;4-12H,1-3H3;3-11H,1-2H3;4-9,11H,1-3H3;3-9H,1-2H3/q3*+1;;+1/t;;;11-;/m...0./s1. The van der Waals surface area contributed by atoms with Crippen LogP contribution in [0, 0.1) is 34.6 Å². The number of fused-ring (bicyclic) bond motifs is 9. The number of nitrogens with zero attached hydrogens (tertiary/aromatic N) is 11. The summed E-state index contributed by atoms with van der Waals surface area (Å²) in [5, 5.41) is 5.76. The Morgan fingerprint density at radius 2 is 0.926 bits per heavy atom. The van der Waals surface area contributed by atoms with Crippen LogP contribution in [-0.4, -0.2) is 41.6 Å². The van der Waals surface area contributed by atoms with Gasteiger partial charge in [-0.25, -0.2) is 23.3 Å². The highest BCUT2D eigenvalue weighted by Crippen LogP contribution is 2.39. The Balaban J connectivity index is 0.000000110. The van der Waals surface area contributed by atoms with Crippen LogP contribution in [0.5, 0.6) is 0 Å². The number of aryl methyl sites for hydroxylation is 11. The zero-order valence-electron chi connectivity index (χ0n) is 56.0. The zero-order chi connectivity index (χ0) is 65.5. The average molecular weight is 1240 g/mol. The first kappa shape index (κ1) is 61.5. The maximum atomic E-state index is 6.30. The van der Waals surface area contributed by atoms with Crippen LogP contribution in [0.1, 0.15) is 34.7 Å². The molecule has 1 aliphatic heterocycles. The van der Waals surface area contributed by atoms with Crippen LogP contribution in [0.25, 0.3) is 111 Å². The highest BCUT2D eigenvalue weighted by Gasteiger charge is 2.29. The first-order valence-corrected chi connectivity index (χ1v) is 32.0. The van der Waals surface area contributed by atoms with Crippen molar-refractivity contribution >= 4 is 82.7 Å². The molecule has 0 saturated carbocycles. The summed E-state index contributed by atoms with van der Waals surface area (Å²) in [6.07, 6.45) is 12.7. The second kappa shape index (κ2) is 25.8. The quantitative estimate of drug-likeness (QED) is 0.160. The van der Waals surface area contributed by atoms with Gasteiger partial charge in [0, 0.05) is 58.9 Å². The number of pyridine rings is 1. The molecular weight excluding hydrogens is 1160 g/mol. The van der Waals surface area contributed by atoms with E-state index >= 15 is 0 Å². The monoisotopic (exact) mass is 1240 g/mol. The molecule has 1 aliphatic rings. The lowest BCUT2D eigenvalue weighted by atomic mass is 10.0. The fourth-order valence-corrected chi connectivity index (χ4v) is 13.4. The van der Waals surface area contributed by atoms with Crippen molar-refractivity contribution in [1.29, 1.82) is 0 Å². The van der Waals surface area contributed by atoms with E-state index in [2.05, 4.69) is 348 Å². The highest BCUT2D eigenvalue weighted by molar-refractivity contribution is 6.10. The van der Waals surface area contributed by atoms with Gasteiger partial charge in [-0.05, 0) is 142 Å². The van der Waals surface area contributed by atoms with Crippen molar-refractivity contribution in [2.24, 2.45) is 42.3 Å². The number of anilines is 1. The van der Waals surface area contributed by atoms with Gasteiger partial charge in [0.05, 0.1) is 39.8 Å². The molecule has 17 rings (SSSR count). The molecule has 468 valence electrons. The van der Waals surface area contributed by atoms with E-state index < -0.39 is 0 Å². The Morgan fingerprint density at radius 1 is 0.426 bits per heavy atom. The minimum Gasteiger partial charge on any atom is -0.455 e. The molecule has 0 N–H and O–H groups in total. The largest absolute Gasteiger partial charge is 0.455 e. The third kappa shape index (κ3) is 11.2. The number of rotatable bonds is 5. The van der Waals surface area contributed by atoms with Crippen LogP contribution in [0.15, 0.2) is 258 Å². The molecule has 13 nitrogen and oxygen atoms in total. The number of benzene rings is 9. The Bertz CT molecular complexity index is 5220. The second-order valence-electron chi connectivity index (χ2n) is 24.5. The molecule has 7 aromatic heterocycles. The molecule has 9 aromatic carbocycles. The first-order valence-electron chi connectivity index (χ1n) is 32.0. The summed E-state index contributed by atoms with van der Waals surface area (Å²) in [7, 11) is 14.7. The molecule has 0 fully saturated rings. The van der Waals surface area contributed by atoms with Crippen molar-refractivity contribution in [3.63, 3.8) is 0 Å². The van der Waals surface area contributed by atoms with Gasteiger partial charge < -0.3 is 18.6 Å². The van der Waals surface area contributed by atoms with E-state index in [0.29, 0.717) is 11.9 Å². The number of hydrogen-bond acceptors (Lipinski definition) is 5. The van der Waals surface area contributed by atoms with Crippen molar-refractivity contribution in [1.82, 2.24) is 28.4 Å². The normalized spacial score (nSPS) is 12.8. The molecular formula is C81H81N11O2+4. The molecule has 16 aromatic rings. The summed E-state index contributed by atoms with van der Waals surface area (Å²) >= 11 is 0. The van der Waals surface area contributed by atoms with Crippen molar-refractivity contribution in [2.75, 3.05) is 11.9 Å². The first-order chi connectivity index (χ1) is 45.6. The average Bonchev–Trinajstić information content (AvgIpc) is 1.59. The third-order valence-electron chi connectivity index (χ3n) is 18.5. The van der Waals surface area contributed by atoms with Crippen LogP contribution in [-0.2, 0) is 42.3 Å². The predicted molar refractivity (Wildman–Crippen MR) is 382 cm³/mol. The summed E-state index contributed by atoms with van der Waals surface area (Å²) in [5.74, 6) is 2.28. The topological polar surface area (TPSA) is 80.9 Å². The van der Waals surface area contributed by atoms with Gasteiger partial charge in [-0.15, -0.1) is 18.7 Å². The van der Waals surface area contributed by atoms with Crippen molar-refractivity contribution in [3.05, 3.63) is 277 Å². The van der Waals surface area contributed by atoms with Gasteiger partial charge in [0.15, 0.2) is 53.5 Å². The van der Waals surface area contributed by atoms with Crippen molar-refractivity contribution < 1.29 is 27.3 Å². The Hall–Kier alpha value is -11.3. The molecule has 94 heavy (non-hydrogen) atoms. The fraction of sp³-hybridized carbons (Fsp3) is 0.173. The van der Waals surface area contributed by atoms with Crippen LogP contribution in [0.4, 0.5) is 5.69 Å². The molecule has 13 heteroatoms. The van der Waals surface area contributed by atoms with E-state index in [1.807, 2.05) is 37.5 Å². The summed E-state index contributed by atoms with van der Waals surface area (Å²) in [4.78, 5) is 8.88. The van der Waals surface area contributed by atoms with Crippen LogP contribution >= 0.6 is 0 Å². The Labute approximate surface area is 548 Å². The summed E-state index contributed by atoms with van der Waals surface area (Å²) in [5.41, 5.74) is 21.9. The molecule has 1 atom stereocenters. The SMILES string of the molecule is Cc1ccc2c(oc3ccccc32)c1-c1n(C)c2ccccc2[n+]1C.Cc1ccc2c(oc3ncccc32)c1-c1n(C)c2ccccc2[n+]1C.Cc1ccccc1-n1c2ccccc2c[n+]1C.Cc1ccccc1-n1ccc[n+]1C.Cc1ccccc1N1C=CN(C)[C@@H]1C. The Kier molecular flexibility index (Phi) is 16.9. The van der Waals surface area contributed by atoms with Gasteiger partial charge in [-0.1, -0.05) is 133 Å². The van der Waals surface area contributed by atoms with Crippen molar-refractivity contribution in [3.8, 4) is 34.2 Å². The van der Waals surface area contributed by atoms with E-state index in [0.717, 1.165) is 50.3 Å². The molecule has 0 bridgehead atoms. The van der Waals surface area contributed by atoms with Crippen LogP contribution in [0.2, 0.25) is 0 Å². The second-order valence-corrected chi connectivity index (χ2v) is 24.5. The lowest BCUT2D eigenvalue weighted by molar-refractivity contribution is -0.744. The molecule has 0 unspecified atom stereocenters. The Morgan fingerprint density at radius 3 is 1.49 bits per heavy atom. The van der Waals surface area contributed by atoms with Gasteiger partial charge in [0.25, 0.3) is 11.6 Å². The van der Waals surface area contributed by atoms with Gasteiger partial charge in [0.1, 0.15) is 39.8 Å². The van der Waals surface area contributed by atoms with Gasteiger partial charge in [0.2, 0.25) is 11.9 Å². The summed E-state index contributed by atoms with van der Waals surface area (Å²) in [6, 6.07) is 73.6. The number of para-hydroxylation sites is 9. The van der Waals surface area contributed by atoms with Gasteiger partial charge in [-0.2, -0.15) is 0 Å². The highest BCUT2D eigenvalue weighted by atomic mass is 16.3. The maximum Gasteiger partial charge on any atom is 0.293 e. The summed E-state index contributed by atoms with van der Waals surface area (Å²) in [6.45, 7) is 12.9. The number of hydrogen-bond donors (Lipinski definition) is 0. The van der Waals surface area contributed by atoms with E-state index in [4.69, 9.17) is 8.83 Å². The van der Waals surface area contributed by atoms with E-state index in [1.165, 1.54) is 88.6 Å². The van der Waals surface area contributed by atoms with Gasteiger partial charge >= 0.3 is 0 Å². The molecule has 0 aliphatic carbocycles. The van der Waals surface area contributed by atoms with Crippen LogP contribution < -0.4 is 23.4 Å². The number of furan rings is 2. The fourth-order valence-electron chi connectivity index (χ4n) is 13.4. The van der Waals surface area contributed by atoms with E-state index in [1.54, 1.807) is 6.20 Å². The van der Waals surface area contributed by atoms with E-state index in [9.17, 15) is 0 Å². The lowest BCUT2D eigenvalue weighted by Crippen LogP contribution is -2.37. The molecule has 0 amide bonds. The summed E-state index contributed by atoms with van der Waals surface area (Å²) < 4.78 is 30.0. The number of aromatic nitrogens is 9. The minimum absolute atomic E-state index is 0.413. The van der Waals surface area contributed by atoms with Crippen molar-refractivity contribution in [2.45, 2.75) is 47.7 Å². The molecule has 0 radical (unpaired) electrons. The minimum atomic E-state index is 0.413. The van der Waals surface area contributed by atoms with Crippen LogP contribution in [0.3, 0.4) is 0 Å². The van der Waals surface area contributed by atoms with Gasteiger partial charge in [-0.3, -0.25) is 0 Å². The lowest BCUT2D eigenvalue weighted by Gasteiger charge is -2.28. The predicted octanol–water partition coefficient (Wildman–Crippen LogP) is 16.1. The van der Waals surface area contributed by atoms with E-state index in [-0.39, 0.29) is 0 Å². The number of imidazole rings is 2. The maximum absolute atomic E-state index is 6.30. The smallest absolute Gasteiger partial charge is 0.293 e. The zero-order valence-corrected chi connectivity index (χ0v) is 56.0. The molecule has 0 spiro atoms. The third-order valence-corrected chi connectivity index (χ3v) is 18.5.